The highest BCUT2D eigenvalue weighted by molar-refractivity contribution is 7.14. The molecule has 3 nitrogen and oxygen atoms in total. The summed E-state index contributed by atoms with van der Waals surface area (Å²) in [5, 5.41) is 0.413. The molecule has 0 N–H and O–H groups in total. The highest BCUT2D eigenvalue weighted by Crippen LogP contribution is 2.29. The number of halogens is 1. The summed E-state index contributed by atoms with van der Waals surface area (Å²) < 4.78 is 21.1. The Balaban J connectivity index is 1.94. The fraction of sp³-hybridized carbons (Fsp3) is 0.133. The van der Waals surface area contributed by atoms with Gasteiger partial charge in [-0.25, -0.2) is 8.35 Å². The van der Waals surface area contributed by atoms with E-state index in [-0.39, 0.29) is 5.56 Å². The molecule has 100 valence electrons. The van der Waals surface area contributed by atoms with Gasteiger partial charge in [0.25, 0.3) is 5.56 Å². The van der Waals surface area contributed by atoms with Crippen molar-refractivity contribution >= 4 is 21.6 Å². The molecule has 0 unspecified atom stereocenters. The Bertz CT molecular complexity index is 881. The largest absolute Gasteiger partial charge is 0.493 e. The number of fused-ring (bicyclic) bond motifs is 2. The lowest BCUT2D eigenvalue weighted by Gasteiger charge is -2.03. The number of ether oxygens (including phenoxy) is 1. The summed E-state index contributed by atoms with van der Waals surface area (Å²) >= 11 is 1.31. The maximum Gasteiger partial charge on any atom is 0.273 e. The third-order valence-electron chi connectivity index (χ3n) is 3.46. The van der Waals surface area contributed by atoms with Crippen LogP contribution in [0.15, 0.2) is 41.2 Å². The molecule has 0 spiro atoms. The van der Waals surface area contributed by atoms with Crippen molar-refractivity contribution < 1.29 is 9.13 Å². The zero-order valence-electron chi connectivity index (χ0n) is 10.4. The predicted molar refractivity (Wildman–Crippen MR) is 76.6 cm³/mol. The summed E-state index contributed by atoms with van der Waals surface area (Å²) in [6.45, 7) is 0.686. The standard InChI is InChI=1S/C15H10FNO2S/c16-10-2-4-14-12(7-10)15(18)17(20-14)11-3-1-9-5-6-19-13(9)8-11/h1-4,7-8H,5-6H2. The van der Waals surface area contributed by atoms with Gasteiger partial charge in [0, 0.05) is 12.5 Å². The van der Waals surface area contributed by atoms with Crippen LogP contribution < -0.4 is 10.3 Å². The first-order valence-electron chi connectivity index (χ1n) is 6.30. The Kier molecular flexibility index (Phi) is 2.44. The SMILES string of the molecule is O=c1c2cc(F)ccc2sn1-c1ccc2c(c1)OCC2. The maximum absolute atomic E-state index is 13.2. The number of aromatic nitrogens is 1. The van der Waals surface area contributed by atoms with Gasteiger partial charge in [0.05, 0.1) is 22.4 Å². The molecule has 0 atom stereocenters. The average Bonchev–Trinajstić information content (AvgIpc) is 3.03. The smallest absolute Gasteiger partial charge is 0.273 e. The van der Waals surface area contributed by atoms with Gasteiger partial charge in [-0.15, -0.1) is 0 Å². The summed E-state index contributed by atoms with van der Waals surface area (Å²) in [6, 6.07) is 10.0. The van der Waals surface area contributed by atoms with E-state index in [2.05, 4.69) is 0 Å². The molecule has 0 bridgehead atoms. The minimum Gasteiger partial charge on any atom is -0.493 e. The highest BCUT2D eigenvalue weighted by Gasteiger charge is 2.15. The molecule has 2 heterocycles. The van der Waals surface area contributed by atoms with Gasteiger partial charge in [0.15, 0.2) is 0 Å². The summed E-state index contributed by atoms with van der Waals surface area (Å²) in [6.07, 6.45) is 0.905. The average molecular weight is 287 g/mol. The Hall–Kier alpha value is -2.14. The minimum absolute atomic E-state index is 0.192. The Morgan fingerprint density at radius 1 is 1.20 bits per heavy atom. The third kappa shape index (κ3) is 1.67. The zero-order valence-corrected chi connectivity index (χ0v) is 11.2. The van der Waals surface area contributed by atoms with Gasteiger partial charge in [0.2, 0.25) is 0 Å². The van der Waals surface area contributed by atoms with Gasteiger partial charge in [-0.2, -0.15) is 0 Å². The van der Waals surface area contributed by atoms with Crippen molar-refractivity contribution in [1.29, 1.82) is 0 Å². The van der Waals surface area contributed by atoms with E-state index in [1.165, 1.54) is 23.7 Å². The Labute approximate surface area is 118 Å². The van der Waals surface area contributed by atoms with E-state index in [1.807, 2.05) is 18.2 Å². The molecule has 1 aliphatic rings. The van der Waals surface area contributed by atoms with Crippen LogP contribution in [-0.2, 0) is 6.42 Å². The van der Waals surface area contributed by atoms with Crippen LogP contribution in [0.2, 0.25) is 0 Å². The van der Waals surface area contributed by atoms with Crippen molar-refractivity contribution in [3.63, 3.8) is 0 Å². The van der Waals surface area contributed by atoms with Crippen molar-refractivity contribution in [1.82, 2.24) is 3.96 Å². The molecule has 0 saturated heterocycles. The van der Waals surface area contributed by atoms with Gasteiger partial charge in [-0.05, 0) is 29.8 Å². The van der Waals surface area contributed by atoms with Gasteiger partial charge in [0.1, 0.15) is 11.6 Å². The van der Waals surface area contributed by atoms with Crippen LogP contribution in [0, 0.1) is 5.82 Å². The quantitative estimate of drug-likeness (QED) is 0.688. The van der Waals surface area contributed by atoms with Crippen LogP contribution in [0.25, 0.3) is 15.8 Å². The van der Waals surface area contributed by atoms with E-state index in [0.29, 0.717) is 12.0 Å². The second kappa shape index (κ2) is 4.18. The van der Waals surface area contributed by atoms with E-state index in [1.54, 1.807) is 10.0 Å². The van der Waals surface area contributed by atoms with E-state index < -0.39 is 5.82 Å². The van der Waals surface area contributed by atoms with E-state index in [0.717, 1.165) is 28.1 Å². The topological polar surface area (TPSA) is 31.2 Å². The van der Waals surface area contributed by atoms with E-state index in [4.69, 9.17) is 4.74 Å². The van der Waals surface area contributed by atoms with Crippen molar-refractivity contribution in [2.75, 3.05) is 6.61 Å². The molecule has 0 saturated carbocycles. The van der Waals surface area contributed by atoms with Crippen LogP contribution in [0.1, 0.15) is 5.56 Å². The van der Waals surface area contributed by atoms with Gasteiger partial charge in [-0.3, -0.25) is 4.79 Å². The molecule has 1 aromatic heterocycles. The molecule has 3 aromatic rings. The zero-order chi connectivity index (χ0) is 13.7. The molecule has 5 heteroatoms. The van der Waals surface area contributed by atoms with Crippen molar-refractivity contribution in [3.05, 3.63) is 58.1 Å². The second-order valence-electron chi connectivity index (χ2n) is 4.72. The molecular weight excluding hydrogens is 277 g/mol. The monoisotopic (exact) mass is 287 g/mol. The molecular formula is C15H10FNO2S. The molecule has 0 aliphatic carbocycles. The van der Waals surface area contributed by atoms with Crippen LogP contribution in [0.5, 0.6) is 5.75 Å². The lowest BCUT2D eigenvalue weighted by Crippen LogP contribution is -2.10. The van der Waals surface area contributed by atoms with Crippen LogP contribution in [-0.4, -0.2) is 10.6 Å². The van der Waals surface area contributed by atoms with Gasteiger partial charge >= 0.3 is 0 Å². The summed E-state index contributed by atoms with van der Waals surface area (Å²) in [7, 11) is 0. The highest BCUT2D eigenvalue weighted by atomic mass is 32.1. The lowest BCUT2D eigenvalue weighted by molar-refractivity contribution is 0.356. The first-order valence-corrected chi connectivity index (χ1v) is 7.07. The number of rotatable bonds is 1. The van der Waals surface area contributed by atoms with Crippen molar-refractivity contribution in [3.8, 4) is 11.4 Å². The minimum atomic E-state index is -0.392. The number of hydrogen-bond acceptors (Lipinski definition) is 3. The first-order chi connectivity index (χ1) is 9.72. The van der Waals surface area contributed by atoms with Crippen LogP contribution >= 0.6 is 11.5 Å². The molecule has 1 aliphatic heterocycles. The lowest BCUT2D eigenvalue weighted by atomic mass is 10.1. The van der Waals surface area contributed by atoms with Gasteiger partial charge in [-0.1, -0.05) is 17.6 Å². The molecule has 0 fully saturated rings. The second-order valence-corrected chi connectivity index (χ2v) is 5.71. The van der Waals surface area contributed by atoms with Crippen molar-refractivity contribution in [2.24, 2.45) is 0 Å². The number of hydrogen-bond donors (Lipinski definition) is 0. The Morgan fingerprint density at radius 2 is 2.10 bits per heavy atom. The molecule has 2 aromatic carbocycles. The predicted octanol–water partition coefficient (Wildman–Crippen LogP) is 3.13. The van der Waals surface area contributed by atoms with Crippen LogP contribution in [0.3, 0.4) is 0 Å². The van der Waals surface area contributed by atoms with E-state index >= 15 is 0 Å². The van der Waals surface area contributed by atoms with E-state index in [9.17, 15) is 9.18 Å². The van der Waals surface area contributed by atoms with Crippen LogP contribution in [0.4, 0.5) is 4.39 Å². The summed E-state index contributed by atoms with van der Waals surface area (Å²) in [5.41, 5.74) is 1.73. The Morgan fingerprint density at radius 3 is 3.00 bits per heavy atom. The normalized spacial score (nSPS) is 13.4. The summed E-state index contributed by atoms with van der Waals surface area (Å²) in [4.78, 5) is 12.3. The first kappa shape index (κ1) is 11.7. The van der Waals surface area contributed by atoms with Gasteiger partial charge < -0.3 is 4.74 Å². The molecule has 0 radical (unpaired) electrons. The fourth-order valence-corrected chi connectivity index (χ4v) is 3.42. The molecule has 4 rings (SSSR count). The van der Waals surface area contributed by atoms with Crippen molar-refractivity contribution in [2.45, 2.75) is 6.42 Å². The number of nitrogens with zero attached hydrogens (tertiary/aromatic N) is 1. The molecule has 20 heavy (non-hydrogen) atoms. The third-order valence-corrected chi connectivity index (χ3v) is 4.57. The number of benzene rings is 2. The fourth-order valence-electron chi connectivity index (χ4n) is 2.45. The summed E-state index contributed by atoms with van der Waals surface area (Å²) in [5.74, 6) is 0.440. The molecule has 0 amide bonds. The maximum atomic E-state index is 13.2.